The number of unbranched alkanes of at least 4 members (excludes halogenated alkanes) is 1. The van der Waals surface area contributed by atoms with Crippen LogP contribution in [0.4, 0.5) is 5.95 Å². The minimum atomic E-state index is 0.537. The summed E-state index contributed by atoms with van der Waals surface area (Å²) in [6.07, 6.45) is 2.29. The fourth-order valence-corrected chi connectivity index (χ4v) is 3.45. The van der Waals surface area contributed by atoms with Crippen LogP contribution in [0.25, 0.3) is 10.2 Å². The van der Waals surface area contributed by atoms with Crippen LogP contribution in [-0.2, 0) is 0 Å². The van der Waals surface area contributed by atoms with Gasteiger partial charge in [-0.2, -0.15) is 0 Å². The van der Waals surface area contributed by atoms with Crippen LogP contribution >= 0.6 is 22.9 Å². The maximum Gasteiger partial charge on any atom is 0.225 e. The Balaban J connectivity index is 1.83. The SMILES string of the molecule is CCN(CC)CCCCNc1nc(Cl)c2cc(C)sc2n1. The van der Waals surface area contributed by atoms with Crippen molar-refractivity contribution in [2.45, 2.75) is 33.6 Å². The maximum atomic E-state index is 6.20. The Hall–Kier alpha value is -0.910. The van der Waals surface area contributed by atoms with Crippen molar-refractivity contribution in [3.05, 3.63) is 16.1 Å². The summed E-state index contributed by atoms with van der Waals surface area (Å²) < 4.78 is 0. The Morgan fingerprint density at radius 2 is 2.00 bits per heavy atom. The van der Waals surface area contributed by atoms with E-state index in [1.807, 2.05) is 6.07 Å². The number of hydrogen-bond donors (Lipinski definition) is 1. The molecular weight excluding hydrogens is 304 g/mol. The van der Waals surface area contributed by atoms with E-state index in [1.165, 1.54) is 11.3 Å². The number of aromatic nitrogens is 2. The zero-order valence-corrected chi connectivity index (χ0v) is 14.5. The van der Waals surface area contributed by atoms with Crippen molar-refractivity contribution < 1.29 is 0 Å². The number of nitrogens with one attached hydrogen (secondary N) is 1. The van der Waals surface area contributed by atoms with Gasteiger partial charge in [-0.05, 0) is 45.5 Å². The van der Waals surface area contributed by atoms with E-state index in [4.69, 9.17) is 11.6 Å². The van der Waals surface area contributed by atoms with Crippen molar-refractivity contribution in [3.63, 3.8) is 0 Å². The molecule has 0 aromatic carbocycles. The molecule has 0 saturated heterocycles. The fourth-order valence-electron chi connectivity index (χ4n) is 2.29. The highest BCUT2D eigenvalue weighted by atomic mass is 35.5. The fraction of sp³-hybridized carbons (Fsp3) is 0.600. The first kappa shape index (κ1) is 16.5. The lowest BCUT2D eigenvalue weighted by molar-refractivity contribution is 0.298. The van der Waals surface area contributed by atoms with Crippen LogP contribution in [-0.4, -0.2) is 41.0 Å². The van der Waals surface area contributed by atoms with Gasteiger partial charge in [0.15, 0.2) is 0 Å². The molecule has 0 aliphatic rings. The summed E-state index contributed by atoms with van der Waals surface area (Å²) >= 11 is 7.86. The van der Waals surface area contributed by atoms with Gasteiger partial charge in [-0.3, -0.25) is 0 Å². The number of halogens is 1. The molecule has 1 N–H and O–H groups in total. The third-order valence-corrected chi connectivity index (χ3v) is 4.78. The highest BCUT2D eigenvalue weighted by Gasteiger charge is 2.08. The summed E-state index contributed by atoms with van der Waals surface area (Å²) in [7, 11) is 0. The molecule has 6 heteroatoms. The lowest BCUT2D eigenvalue weighted by Gasteiger charge is -2.17. The van der Waals surface area contributed by atoms with Gasteiger partial charge >= 0.3 is 0 Å². The highest BCUT2D eigenvalue weighted by molar-refractivity contribution is 7.18. The number of rotatable bonds is 8. The molecule has 2 rings (SSSR count). The Bertz CT molecular complexity index is 580. The van der Waals surface area contributed by atoms with Gasteiger partial charge < -0.3 is 10.2 Å². The molecule has 0 aliphatic carbocycles. The Labute approximate surface area is 135 Å². The highest BCUT2D eigenvalue weighted by Crippen LogP contribution is 2.29. The number of anilines is 1. The van der Waals surface area contributed by atoms with Crippen LogP contribution in [0.2, 0.25) is 5.15 Å². The molecule has 0 fully saturated rings. The summed E-state index contributed by atoms with van der Waals surface area (Å²) in [6.45, 7) is 10.7. The van der Waals surface area contributed by atoms with E-state index in [2.05, 4.69) is 41.0 Å². The lowest BCUT2D eigenvalue weighted by Crippen LogP contribution is -2.24. The quantitative estimate of drug-likeness (QED) is 0.583. The molecular formula is C15H23ClN4S. The summed E-state index contributed by atoms with van der Waals surface area (Å²) in [5.41, 5.74) is 0. The predicted molar refractivity (Wildman–Crippen MR) is 92.7 cm³/mol. The first-order valence-corrected chi connectivity index (χ1v) is 8.73. The molecule has 0 bridgehead atoms. The molecule has 0 saturated carbocycles. The molecule has 0 unspecified atom stereocenters. The average molecular weight is 327 g/mol. The first-order valence-electron chi connectivity index (χ1n) is 7.54. The lowest BCUT2D eigenvalue weighted by atomic mass is 10.3. The van der Waals surface area contributed by atoms with Crippen molar-refractivity contribution in [2.24, 2.45) is 0 Å². The molecule has 0 atom stereocenters. The third-order valence-electron chi connectivity index (χ3n) is 3.55. The molecule has 2 aromatic rings. The van der Waals surface area contributed by atoms with E-state index in [-0.39, 0.29) is 0 Å². The second-order valence-electron chi connectivity index (χ2n) is 5.07. The smallest absolute Gasteiger partial charge is 0.225 e. The Morgan fingerprint density at radius 3 is 2.71 bits per heavy atom. The predicted octanol–water partition coefficient (Wildman–Crippen LogP) is 4.19. The van der Waals surface area contributed by atoms with Gasteiger partial charge in [0.05, 0.1) is 0 Å². The van der Waals surface area contributed by atoms with Crippen molar-refractivity contribution in [3.8, 4) is 0 Å². The van der Waals surface area contributed by atoms with Crippen LogP contribution in [0.3, 0.4) is 0 Å². The van der Waals surface area contributed by atoms with Crippen molar-refractivity contribution >= 4 is 39.1 Å². The van der Waals surface area contributed by atoms with Crippen LogP contribution < -0.4 is 5.32 Å². The minimum Gasteiger partial charge on any atom is -0.354 e. The van der Waals surface area contributed by atoms with E-state index in [9.17, 15) is 0 Å². The van der Waals surface area contributed by atoms with E-state index in [0.29, 0.717) is 11.1 Å². The molecule has 4 nitrogen and oxygen atoms in total. The first-order chi connectivity index (χ1) is 10.1. The second-order valence-corrected chi connectivity index (χ2v) is 6.67. The van der Waals surface area contributed by atoms with Gasteiger partial charge in [0.1, 0.15) is 9.98 Å². The molecule has 0 amide bonds. The van der Waals surface area contributed by atoms with E-state index in [1.54, 1.807) is 11.3 Å². The van der Waals surface area contributed by atoms with Crippen LogP contribution in [0, 0.1) is 6.92 Å². The van der Waals surface area contributed by atoms with Gasteiger partial charge in [0.2, 0.25) is 5.95 Å². The van der Waals surface area contributed by atoms with Gasteiger partial charge in [-0.1, -0.05) is 25.4 Å². The number of nitrogens with zero attached hydrogens (tertiary/aromatic N) is 3. The van der Waals surface area contributed by atoms with Crippen LogP contribution in [0.5, 0.6) is 0 Å². The molecule has 0 radical (unpaired) electrons. The van der Waals surface area contributed by atoms with Gasteiger partial charge in [-0.15, -0.1) is 11.3 Å². The van der Waals surface area contributed by atoms with Gasteiger partial charge in [0, 0.05) is 16.8 Å². The van der Waals surface area contributed by atoms with Crippen molar-refractivity contribution in [1.29, 1.82) is 0 Å². The molecule has 2 aromatic heterocycles. The third kappa shape index (κ3) is 4.53. The minimum absolute atomic E-state index is 0.537. The average Bonchev–Trinajstić information content (AvgIpc) is 2.84. The van der Waals surface area contributed by atoms with Crippen molar-refractivity contribution in [2.75, 3.05) is 31.5 Å². The standard InChI is InChI=1S/C15H23ClN4S/c1-4-20(5-2)9-7-6-8-17-15-18-13(16)12-10-11(3)21-14(12)19-15/h10H,4-9H2,1-3H3,(H,17,18,19). The monoisotopic (exact) mass is 326 g/mol. The Morgan fingerprint density at radius 1 is 1.24 bits per heavy atom. The number of thiophene rings is 1. The molecule has 0 spiro atoms. The van der Waals surface area contributed by atoms with Crippen LogP contribution in [0.1, 0.15) is 31.6 Å². The van der Waals surface area contributed by atoms with E-state index < -0.39 is 0 Å². The summed E-state index contributed by atoms with van der Waals surface area (Å²) in [6, 6.07) is 2.04. The number of aryl methyl sites for hydroxylation is 1. The molecule has 0 aliphatic heterocycles. The largest absolute Gasteiger partial charge is 0.354 e. The topological polar surface area (TPSA) is 41.0 Å². The molecule has 21 heavy (non-hydrogen) atoms. The normalized spacial score (nSPS) is 11.5. The summed E-state index contributed by atoms with van der Waals surface area (Å²) in [5, 5.41) is 4.77. The zero-order valence-electron chi connectivity index (χ0n) is 12.9. The van der Waals surface area contributed by atoms with Crippen LogP contribution in [0.15, 0.2) is 6.07 Å². The van der Waals surface area contributed by atoms with E-state index >= 15 is 0 Å². The van der Waals surface area contributed by atoms with Gasteiger partial charge in [-0.25, -0.2) is 9.97 Å². The summed E-state index contributed by atoms with van der Waals surface area (Å²) in [5.74, 6) is 0.636. The molecule has 2 heterocycles. The number of fused-ring (bicyclic) bond motifs is 1. The second kappa shape index (κ2) is 7.92. The summed E-state index contributed by atoms with van der Waals surface area (Å²) in [4.78, 5) is 13.4. The van der Waals surface area contributed by atoms with Gasteiger partial charge in [0.25, 0.3) is 0 Å². The zero-order chi connectivity index (χ0) is 15.2. The maximum absolute atomic E-state index is 6.20. The Kier molecular flexibility index (Phi) is 6.21. The van der Waals surface area contributed by atoms with E-state index in [0.717, 1.165) is 42.8 Å². The van der Waals surface area contributed by atoms with Crippen molar-refractivity contribution in [1.82, 2.24) is 14.9 Å². The number of hydrogen-bond acceptors (Lipinski definition) is 5. The molecule has 116 valence electrons.